The van der Waals surface area contributed by atoms with Crippen molar-refractivity contribution in [3.63, 3.8) is 0 Å². The van der Waals surface area contributed by atoms with Crippen LogP contribution in [0, 0.1) is 11.6 Å². The van der Waals surface area contributed by atoms with Gasteiger partial charge in [0.25, 0.3) is 0 Å². The molecule has 1 N–H and O–H groups in total. The van der Waals surface area contributed by atoms with Gasteiger partial charge in [-0.2, -0.15) is 22.6 Å². The number of benzene rings is 2. The number of aliphatic imine (C=N–C) groups is 1. The molecule has 10 heteroatoms. The Labute approximate surface area is 160 Å². The number of nitrogens with zero attached hydrogens (tertiary/aromatic N) is 2. The molecule has 0 saturated carbocycles. The zero-order valence-electron chi connectivity index (χ0n) is 14.8. The number of alkyl halides is 5. The van der Waals surface area contributed by atoms with Gasteiger partial charge in [0.2, 0.25) is 5.84 Å². The molecule has 2 aromatic rings. The molecule has 0 amide bonds. The summed E-state index contributed by atoms with van der Waals surface area (Å²) >= 11 is 0. The third kappa shape index (κ3) is 3.22. The van der Waals surface area contributed by atoms with E-state index in [-0.39, 0.29) is 16.8 Å². The minimum Gasteiger partial charge on any atom is -0.384 e. The van der Waals surface area contributed by atoms with Crippen LogP contribution in [0.15, 0.2) is 53.5 Å². The van der Waals surface area contributed by atoms with Crippen LogP contribution in [0.25, 0.3) is 11.4 Å². The molecule has 0 fully saturated rings. The number of rotatable bonds is 4. The van der Waals surface area contributed by atoms with Gasteiger partial charge in [0.1, 0.15) is 23.9 Å². The van der Waals surface area contributed by atoms with Crippen molar-refractivity contribution in [1.29, 1.82) is 0 Å². The molecule has 0 aromatic heterocycles. The average Bonchev–Trinajstić information content (AvgIpc) is 2.96. The molecule has 0 aliphatic carbocycles. The smallest absolute Gasteiger partial charge is 0.384 e. The lowest BCUT2D eigenvalue weighted by Crippen LogP contribution is -2.65. The summed E-state index contributed by atoms with van der Waals surface area (Å²) in [5.74, 6) is -2.25. The number of amidine groups is 1. The van der Waals surface area contributed by atoms with Gasteiger partial charge in [-0.15, -0.1) is 8.78 Å². The molecule has 154 valence electrons. The molecule has 3 rings (SSSR count). The Balaban J connectivity index is 2.37. The quantitative estimate of drug-likeness (QED) is 0.431. The van der Waals surface area contributed by atoms with E-state index in [1.54, 1.807) is 0 Å². The predicted molar refractivity (Wildman–Crippen MR) is 91.3 cm³/mol. The summed E-state index contributed by atoms with van der Waals surface area (Å²) in [6.45, 7) is -1.20. The zero-order valence-corrected chi connectivity index (χ0v) is 14.8. The molecule has 2 aromatic carbocycles. The molecule has 1 aliphatic rings. The number of aliphatic hydroxyl groups is 1. The summed E-state index contributed by atoms with van der Waals surface area (Å²) in [4.78, 5) is 3.84. The van der Waals surface area contributed by atoms with Crippen LogP contribution in [-0.2, 0) is 0 Å². The van der Waals surface area contributed by atoms with Crippen LogP contribution >= 0.6 is 0 Å². The Bertz CT molecular complexity index is 979. The van der Waals surface area contributed by atoms with Crippen molar-refractivity contribution in [3.8, 4) is 0 Å². The first-order valence-corrected chi connectivity index (χ1v) is 8.20. The summed E-state index contributed by atoms with van der Waals surface area (Å²) < 4.78 is 93.9. The van der Waals surface area contributed by atoms with Crippen molar-refractivity contribution in [1.82, 2.24) is 0 Å². The van der Waals surface area contributed by atoms with E-state index in [0.29, 0.717) is 7.05 Å². The first kappa shape index (κ1) is 21.0. The Kier molecular flexibility index (Phi) is 5.04. The maximum Gasteiger partial charge on any atom is 0.516 e. The van der Waals surface area contributed by atoms with Crippen LogP contribution in [0.1, 0.15) is 11.1 Å². The molecular weight excluding hydrogens is 405 g/mol. The van der Waals surface area contributed by atoms with Crippen molar-refractivity contribution in [2.75, 3.05) is 13.7 Å². The Morgan fingerprint density at radius 1 is 0.828 bits per heavy atom. The van der Waals surface area contributed by atoms with Crippen molar-refractivity contribution < 1.29 is 40.3 Å². The Morgan fingerprint density at radius 3 is 1.69 bits per heavy atom. The second-order valence-corrected chi connectivity index (χ2v) is 6.44. The number of hydrogen-bond acceptors (Lipinski definition) is 2. The number of hydrogen-bond donors (Lipinski definition) is 1. The van der Waals surface area contributed by atoms with Crippen LogP contribution in [0.4, 0.5) is 30.7 Å². The van der Waals surface area contributed by atoms with E-state index >= 15 is 0 Å². The van der Waals surface area contributed by atoms with Crippen molar-refractivity contribution >= 4 is 17.2 Å². The summed E-state index contributed by atoms with van der Waals surface area (Å²) in [7, 11) is 0.567. The second-order valence-electron chi connectivity index (χ2n) is 6.44. The van der Waals surface area contributed by atoms with Crippen LogP contribution in [-0.4, -0.2) is 41.3 Å². The lowest BCUT2D eigenvalue weighted by atomic mass is 10.0. The molecule has 1 unspecified atom stereocenters. The molecular formula is C19H14F7N2O+. The number of likely N-dealkylation sites (N-methyl/N-ethyl adjacent to an activating group) is 1. The second kappa shape index (κ2) is 6.96. The molecule has 0 spiro atoms. The van der Waals surface area contributed by atoms with Crippen LogP contribution in [0.5, 0.6) is 0 Å². The highest BCUT2D eigenvalue weighted by atomic mass is 19.4. The van der Waals surface area contributed by atoms with Gasteiger partial charge in [-0.3, -0.25) is 0 Å². The minimum absolute atomic E-state index is 0.0523. The van der Waals surface area contributed by atoms with Gasteiger partial charge < -0.3 is 5.11 Å². The SMILES string of the molecule is C[N+]1(C(F)(F)C(F)(F)F)C(CO)=NC(c2ccc(F)cc2)=C1c1ccc(F)cc1. The monoisotopic (exact) mass is 419 g/mol. The summed E-state index contributed by atoms with van der Waals surface area (Å²) in [5.41, 5.74) is -1.03. The van der Waals surface area contributed by atoms with Crippen molar-refractivity contribution in [3.05, 3.63) is 71.3 Å². The van der Waals surface area contributed by atoms with Gasteiger partial charge in [0.05, 0.1) is 7.05 Å². The lowest BCUT2D eigenvalue weighted by Gasteiger charge is -2.38. The first-order chi connectivity index (χ1) is 13.4. The van der Waals surface area contributed by atoms with Gasteiger partial charge in [-0.1, -0.05) is 0 Å². The van der Waals surface area contributed by atoms with Gasteiger partial charge in [-0.25, -0.2) is 8.78 Å². The average molecular weight is 419 g/mol. The molecule has 0 radical (unpaired) electrons. The van der Waals surface area contributed by atoms with Gasteiger partial charge in [-0.05, 0) is 48.5 Å². The van der Waals surface area contributed by atoms with Gasteiger partial charge in [0, 0.05) is 11.1 Å². The molecule has 1 atom stereocenters. The molecule has 29 heavy (non-hydrogen) atoms. The van der Waals surface area contributed by atoms with Gasteiger partial charge in [0.15, 0.2) is 5.70 Å². The van der Waals surface area contributed by atoms with E-state index in [9.17, 15) is 35.8 Å². The number of aliphatic hydroxyl groups excluding tert-OH is 1. The molecule has 0 saturated heterocycles. The fourth-order valence-electron chi connectivity index (χ4n) is 3.17. The maximum absolute atomic E-state index is 14.7. The number of quaternary nitrogens is 1. The highest BCUT2D eigenvalue weighted by Crippen LogP contribution is 2.52. The Hall–Kier alpha value is -2.72. The fraction of sp³-hybridized carbons (Fsp3) is 0.211. The van der Waals surface area contributed by atoms with E-state index < -0.39 is 46.5 Å². The highest BCUT2D eigenvalue weighted by molar-refractivity contribution is 6.01. The third-order valence-electron chi connectivity index (χ3n) is 4.71. The van der Waals surface area contributed by atoms with E-state index in [1.807, 2.05) is 0 Å². The first-order valence-electron chi connectivity index (χ1n) is 8.20. The molecule has 1 aliphatic heterocycles. The maximum atomic E-state index is 14.7. The van der Waals surface area contributed by atoms with E-state index in [2.05, 4.69) is 4.99 Å². The molecule has 3 nitrogen and oxygen atoms in total. The predicted octanol–water partition coefficient (Wildman–Crippen LogP) is 4.80. The van der Waals surface area contributed by atoms with E-state index in [4.69, 9.17) is 0 Å². The largest absolute Gasteiger partial charge is 0.516 e. The van der Waals surface area contributed by atoms with Crippen LogP contribution in [0.3, 0.4) is 0 Å². The highest BCUT2D eigenvalue weighted by Gasteiger charge is 2.75. The molecule has 0 bridgehead atoms. The zero-order chi connectivity index (χ0) is 21.6. The van der Waals surface area contributed by atoms with Gasteiger partial charge >= 0.3 is 12.2 Å². The van der Waals surface area contributed by atoms with Crippen LogP contribution < -0.4 is 0 Å². The normalized spacial score (nSPS) is 20.2. The van der Waals surface area contributed by atoms with Crippen molar-refractivity contribution in [2.24, 2.45) is 4.99 Å². The summed E-state index contributed by atoms with van der Waals surface area (Å²) in [5, 5.41) is 9.55. The topological polar surface area (TPSA) is 32.6 Å². The summed E-state index contributed by atoms with van der Waals surface area (Å²) in [6.07, 6.45) is -5.98. The van der Waals surface area contributed by atoms with Crippen LogP contribution in [0.2, 0.25) is 0 Å². The summed E-state index contributed by atoms with van der Waals surface area (Å²) in [6, 6.07) is 2.80. The fourth-order valence-corrected chi connectivity index (χ4v) is 3.17. The number of halogens is 7. The molecule has 1 heterocycles. The lowest BCUT2D eigenvalue weighted by molar-refractivity contribution is -0.875. The van der Waals surface area contributed by atoms with E-state index in [0.717, 1.165) is 48.5 Å². The Morgan fingerprint density at radius 2 is 1.28 bits per heavy atom. The van der Waals surface area contributed by atoms with Crippen molar-refractivity contribution in [2.45, 2.75) is 12.2 Å². The standard InChI is InChI=1S/C19H14F7N2O/c1-28(19(25,26)18(22,23)24)15(10-29)27-16(11-2-6-13(20)7-3-11)17(28)12-4-8-14(21)9-5-12/h2-9,29H,10H2,1H3/q+1. The minimum atomic E-state index is -5.98. The van der Waals surface area contributed by atoms with E-state index in [1.165, 1.54) is 0 Å². The third-order valence-corrected chi connectivity index (χ3v) is 4.71.